The van der Waals surface area contributed by atoms with Gasteiger partial charge in [-0.15, -0.1) is 0 Å². The molecule has 0 aliphatic carbocycles. The summed E-state index contributed by atoms with van der Waals surface area (Å²) < 4.78 is 13.5. The number of carbonyl (C=O) groups excluding carboxylic acids is 1. The lowest BCUT2D eigenvalue weighted by Crippen LogP contribution is -2.40. The summed E-state index contributed by atoms with van der Waals surface area (Å²) in [6.45, 7) is 0. The van der Waals surface area contributed by atoms with Crippen LogP contribution in [0.25, 0.3) is 0 Å². The molecule has 1 aliphatic heterocycles. The van der Waals surface area contributed by atoms with Crippen LogP contribution < -0.4 is 16.0 Å². The van der Waals surface area contributed by atoms with E-state index in [2.05, 4.69) is 15.3 Å². The molecule has 4 N–H and O–H groups in total. The summed E-state index contributed by atoms with van der Waals surface area (Å²) >= 11 is 6.24. The molecule has 1 amide bonds. The number of pyridine rings is 2. The predicted molar refractivity (Wildman–Crippen MR) is 108 cm³/mol. The quantitative estimate of drug-likeness (QED) is 0.535. The van der Waals surface area contributed by atoms with Crippen LogP contribution in [0.4, 0.5) is 15.9 Å². The molecule has 4 rings (SSSR count). The van der Waals surface area contributed by atoms with Crippen LogP contribution in [0.2, 0.25) is 5.15 Å². The van der Waals surface area contributed by atoms with Gasteiger partial charge in [0.1, 0.15) is 23.2 Å². The minimum absolute atomic E-state index is 0.0494. The van der Waals surface area contributed by atoms with Gasteiger partial charge in [-0.3, -0.25) is 4.79 Å². The van der Waals surface area contributed by atoms with E-state index in [1.807, 2.05) is 0 Å². The molecule has 1 aromatic carbocycles. The molecular weight excluding hydrogens is 413 g/mol. The molecule has 152 valence electrons. The fourth-order valence-corrected chi connectivity index (χ4v) is 3.75. The zero-order valence-corrected chi connectivity index (χ0v) is 16.0. The number of anilines is 2. The summed E-state index contributed by atoms with van der Waals surface area (Å²) in [5.74, 6) is -2.17. The Labute approximate surface area is 175 Å². The highest BCUT2D eigenvalue weighted by Crippen LogP contribution is 2.47. The molecule has 2 unspecified atom stereocenters. The molecule has 8 nitrogen and oxygen atoms in total. The van der Waals surface area contributed by atoms with Crippen LogP contribution in [-0.4, -0.2) is 27.0 Å². The van der Waals surface area contributed by atoms with Gasteiger partial charge >= 0.3 is 5.97 Å². The number of nitrogens with one attached hydrogen (secondary N) is 1. The average Bonchev–Trinajstić information content (AvgIpc) is 3.09. The Kier molecular flexibility index (Phi) is 4.96. The molecular formula is C20H15ClFN5O3. The molecule has 2 atom stereocenters. The second-order valence-electron chi connectivity index (χ2n) is 6.55. The Hall–Kier alpha value is -3.72. The van der Waals surface area contributed by atoms with E-state index in [4.69, 9.17) is 17.3 Å². The van der Waals surface area contributed by atoms with E-state index in [1.165, 1.54) is 47.6 Å². The van der Waals surface area contributed by atoms with Crippen LogP contribution in [0.3, 0.4) is 0 Å². The number of amides is 1. The highest BCUT2D eigenvalue weighted by molar-refractivity contribution is 6.30. The van der Waals surface area contributed by atoms with Gasteiger partial charge in [-0.2, -0.15) is 0 Å². The van der Waals surface area contributed by atoms with Gasteiger partial charge in [-0.25, -0.2) is 19.2 Å². The number of nitrogens with two attached hydrogens (primary N) is 1. The lowest BCUT2D eigenvalue weighted by atomic mass is 10.0. The molecule has 0 saturated heterocycles. The number of rotatable bonds is 5. The van der Waals surface area contributed by atoms with Gasteiger partial charge < -0.3 is 21.1 Å². The third-order valence-corrected chi connectivity index (χ3v) is 5.10. The van der Waals surface area contributed by atoms with E-state index in [9.17, 15) is 19.1 Å². The number of halogens is 2. The van der Waals surface area contributed by atoms with E-state index < -0.39 is 29.9 Å². The maximum Gasteiger partial charge on any atom is 0.338 e. The Morgan fingerprint density at radius 3 is 2.53 bits per heavy atom. The summed E-state index contributed by atoms with van der Waals surface area (Å²) in [6.07, 6.45) is 2.04. The number of nitrogens with zero attached hydrogens (tertiary/aromatic N) is 3. The van der Waals surface area contributed by atoms with Crippen LogP contribution in [0.1, 0.15) is 33.7 Å². The van der Waals surface area contributed by atoms with Gasteiger partial charge in [-0.1, -0.05) is 29.8 Å². The fraction of sp³-hybridized carbons (Fsp3) is 0.100. The van der Waals surface area contributed by atoms with Gasteiger partial charge in [0.2, 0.25) is 5.91 Å². The summed E-state index contributed by atoms with van der Waals surface area (Å²) in [5, 5.41) is 12.9. The number of fused-ring (bicyclic) bond motifs is 1. The molecule has 0 bridgehead atoms. The normalized spacial score (nSPS) is 15.9. The van der Waals surface area contributed by atoms with Gasteiger partial charge in [0.15, 0.2) is 5.82 Å². The van der Waals surface area contributed by atoms with Crippen molar-refractivity contribution < 1.29 is 19.1 Å². The van der Waals surface area contributed by atoms with Gasteiger partial charge in [0.05, 0.1) is 11.3 Å². The number of carboxylic acids is 1. The number of primary amides is 1. The monoisotopic (exact) mass is 427 g/mol. The SMILES string of the molecule is NC(=O)C(c1cccnc1Cl)N1c2c(C(=O)O)ccnc2NC1c1ccc(F)cc1. The largest absolute Gasteiger partial charge is 0.478 e. The summed E-state index contributed by atoms with van der Waals surface area (Å²) in [7, 11) is 0. The van der Waals surface area contributed by atoms with E-state index in [0.717, 1.165) is 0 Å². The van der Waals surface area contributed by atoms with Crippen LogP contribution in [0, 0.1) is 5.82 Å². The second kappa shape index (κ2) is 7.60. The van der Waals surface area contributed by atoms with Crippen molar-refractivity contribution in [3.63, 3.8) is 0 Å². The molecule has 0 spiro atoms. The summed E-state index contributed by atoms with van der Waals surface area (Å²) in [5.41, 5.74) is 6.70. The molecule has 30 heavy (non-hydrogen) atoms. The Balaban J connectivity index is 1.96. The zero-order valence-electron chi connectivity index (χ0n) is 15.3. The molecule has 3 aromatic rings. The second-order valence-corrected chi connectivity index (χ2v) is 6.91. The first kappa shape index (κ1) is 19.6. The maximum absolute atomic E-state index is 13.5. The standard InChI is InChI=1S/C20H15ClFN5O3/c21-16-12(2-1-8-24-16)14(17(23)28)27-15-13(20(29)30)7-9-25-18(15)26-19(27)10-3-5-11(22)6-4-10/h1-9,14,19H,(H2,23,28)(H,25,26)(H,29,30). The smallest absolute Gasteiger partial charge is 0.338 e. The van der Waals surface area contributed by atoms with Crippen molar-refractivity contribution in [2.24, 2.45) is 5.73 Å². The van der Waals surface area contributed by atoms with Gasteiger partial charge in [0, 0.05) is 18.0 Å². The van der Waals surface area contributed by atoms with Crippen molar-refractivity contribution in [2.75, 3.05) is 10.2 Å². The number of carboxylic acid groups (broad SMARTS) is 1. The summed E-state index contributed by atoms with van der Waals surface area (Å²) in [4.78, 5) is 34.2. The lowest BCUT2D eigenvalue weighted by molar-refractivity contribution is -0.119. The van der Waals surface area contributed by atoms with E-state index in [0.29, 0.717) is 11.1 Å². The first-order valence-electron chi connectivity index (χ1n) is 8.81. The van der Waals surface area contributed by atoms with Gasteiger partial charge in [0.25, 0.3) is 0 Å². The Morgan fingerprint density at radius 1 is 1.17 bits per heavy atom. The highest BCUT2D eigenvalue weighted by Gasteiger charge is 2.42. The number of aromatic nitrogens is 2. The first-order chi connectivity index (χ1) is 14.4. The zero-order chi connectivity index (χ0) is 21.4. The molecule has 3 heterocycles. The van der Waals surface area contributed by atoms with Crippen LogP contribution in [-0.2, 0) is 4.79 Å². The molecule has 0 radical (unpaired) electrons. The Morgan fingerprint density at radius 2 is 1.90 bits per heavy atom. The third kappa shape index (κ3) is 3.29. The predicted octanol–water partition coefficient (Wildman–Crippen LogP) is 3.12. The van der Waals surface area contributed by atoms with Crippen molar-refractivity contribution in [1.29, 1.82) is 0 Å². The van der Waals surface area contributed by atoms with Crippen LogP contribution in [0.15, 0.2) is 54.9 Å². The van der Waals surface area contributed by atoms with Crippen LogP contribution in [0.5, 0.6) is 0 Å². The van der Waals surface area contributed by atoms with Crippen LogP contribution >= 0.6 is 11.6 Å². The number of hydrogen-bond donors (Lipinski definition) is 3. The minimum Gasteiger partial charge on any atom is -0.478 e. The number of carbonyl (C=O) groups is 2. The number of benzene rings is 1. The van der Waals surface area contributed by atoms with E-state index >= 15 is 0 Å². The number of hydrogen-bond acceptors (Lipinski definition) is 6. The van der Waals surface area contributed by atoms with Crippen molar-refractivity contribution >= 4 is 35.0 Å². The molecule has 0 saturated carbocycles. The molecule has 0 fully saturated rings. The van der Waals surface area contributed by atoms with Crippen molar-refractivity contribution in [3.05, 3.63) is 82.5 Å². The first-order valence-corrected chi connectivity index (χ1v) is 9.18. The van der Waals surface area contributed by atoms with E-state index in [-0.39, 0.29) is 22.2 Å². The maximum atomic E-state index is 13.5. The molecule has 2 aromatic heterocycles. The number of aromatic carboxylic acids is 1. The minimum atomic E-state index is -1.21. The molecule has 10 heteroatoms. The molecule has 1 aliphatic rings. The van der Waals surface area contributed by atoms with Crippen molar-refractivity contribution in [1.82, 2.24) is 9.97 Å². The average molecular weight is 428 g/mol. The third-order valence-electron chi connectivity index (χ3n) is 4.78. The van der Waals surface area contributed by atoms with Gasteiger partial charge in [-0.05, 0) is 29.8 Å². The summed E-state index contributed by atoms with van der Waals surface area (Å²) in [6, 6.07) is 8.91. The fourth-order valence-electron chi connectivity index (χ4n) is 3.53. The topological polar surface area (TPSA) is 121 Å². The van der Waals surface area contributed by atoms with Crippen molar-refractivity contribution in [3.8, 4) is 0 Å². The van der Waals surface area contributed by atoms with Crippen molar-refractivity contribution in [2.45, 2.75) is 12.2 Å². The Bertz CT molecular complexity index is 1140. The lowest BCUT2D eigenvalue weighted by Gasteiger charge is -2.34. The highest BCUT2D eigenvalue weighted by atomic mass is 35.5. The van der Waals surface area contributed by atoms with E-state index in [1.54, 1.807) is 12.1 Å².